The number of benzene rings is 1. The van der Waals surface area contributed by atoms with Crippen LogP contribution in [0.4, 0.5) is 0 Å². The first-order valence-corrected chi connectivity index (χ1v) is 5.93. The van der Waals surface area contributed by atoms with Crippen molar-refractivity contribution in [2.45, 2.75) is 19.3 Å². The van der Waals surface area contributed by atoms with E-state index >= 15 is 0 Å². The van der Waals surface area contributed by atoms with E-state index in [1.165, 1.54) is 18.4 Å². The molecule has 0 spiro atoms. The summed E-state index contributed by atoms with van der Waals surface area (Å²) in [6, 6.07) is 8.25. The average molecular weight is 217 g/mol. The lowest BCUT2D eigenvalue weighted by molar-refractivity contribution is 0.414. The summed E-state index contributed by atoms with van der Waals surface area (Å²) >= 11 is 0. The molecule has 0 aromatic heterocycles. The molecule has 1 N–H and O–H groups in total. The molecule has 0 bridgehead atoms. The van der Waals surface area contributed by atoms with Crippen molar-refractivity contribution >= 4 is 6.08 Å². The second kappa shape index (κ2) is 5.71. The Bertz CT molecular complexity index is 361. The molecule has 2 nitrogen and oxygen atoms in total. The van der Waals surface area contributed by atoms with Crippen molar-refractivity contribution in [1.82, 2.24) is 5.32 Å². The molecular formula is C14H19NO. The summed E-state index contributed by atoms with van der Waals surface area (Å²) in [6.45, 7) is 2.26. The number of rotatable bonds is 2. The number of ether oxygens (including phenoxy) is 1. The second-order valence-corrected chi connectivity index (χ2v) is 4.18. The second-order valence-electron chi connectivity index (χ2n) is 4.18. The Balaban J connectivity index is 2.13. The Morgan fingerprint density at radius 2 is 2.19 bits per heavy atom. The molecule has 0 saturated carbocycles. The van der Waals surface area contributed by atoms with E-state index < -0.39 is 0 Å². The number of nitrogens with one attached hydrogen (secondary N) is 1. The van der Waals surface area contributed by atoms with Gasteiger partial charge in [0.15, 0.2) is 0 Å². The maximum atomic E-state index is 5.23. The Labute approximate surface area is 97.3 Å². The summed E-state index contributed by atoms with van der Waals surface area (Å²) in [5.74, 6) is 0.932. The normalized spacial score (nSPS) is 19.4. The molecule has 0 radical (unpaired) electrons. The van der Waals surface area contributed by atoms with Crippen LogP contribution in [-0.2, 0) is 0 Å². The van der Waals surface area contributed by atoms with E-state index in [0.29, 0.717) is 0 Å². The summed E-state index contributed by atoms with van der Waals surface area (Å²) in [4.78, 5) is 0. The first kappa shape index (κ1) is 11.2. The smallest absolute Gasteiger partial charge is 0.119 e. The van der Waals surface area contributed by atoms with E-state index in [2.05, 4.69) is 23.5 Å². The minimum absolute atomic E-state index is 0.932. The zero-order chi connectivity index (χ0) is 11.2. The molecule has 1 aromatic carbocycles. The first-order chi connectivity index (χ1) is 7.88. The van der Waals surface area contributed by atoms with E-state index in [1.54, 1.807) is 12.7 Å². The molecule has 1 aliphatic rings. The minimum atomic E-state index is 0.932. The van der Waals surface area contributed by atoms with Gasteiger partial charge in [-0.25, -0.2) is 0 Å². The number of methoxy groups -OCH3 is 1. The van der Waals surface area contributed by atoms with Gasteiger partial charge in [0.05, 0.1) is 7.11 Å². The summed E-state index contributed by atoms with van der Waals surface area (Å²) in [6.07, 6.45) is 5.92. The van der Waals surface area contributed by atoms with E-state index in [9.17, 15) is 0 Å². The zero-order valence-electron chi connectivity index (χ0n) is 9.83. The van der Waals surface area contributed by atoms with Gasteiger partial charge in [-0.2, -0.15) is 0 Å². The van der Waals surface area contributed by atoms with Crippen LogP contribution in [0.5, 0.6) is 5.75 Å². The van der Waals surface area contributed by atoms with E-state index in [4.69, 9.17) is 4.74 Å². The Hall–Kier alpha value is -1.28. The lowest BCUT2D eigenvalue weighted by Gasteiger charge is -2.04. The van der Waals surface area contributed by atoms with Crippen LogP contribution in [0.3, 0.4) is 0 Å². The third-order valence-electron chi connectivity index (χ3n) is 2.94. The van der Waals surface area contributed by atoms with E-state index in [1.807, 2.05) is 12.1 Å². The molecule has 0 unspecified atom stereocenters. The predicted octanol–water partition coefficient (Wildman–Crippen LogP) is 2.85. The molecule has 1 fully saturated rings. The molecule has 1 aliphatic heterocycles. The summed E-state index contributed by atoms with van der Waals surface area (Å²) in [5.41, 5.74) is 2.79. The van der Waals surface area contributed by atoms with Crippen LogP contribution in [0.1, 0.15) is 24.8 Å². The molecular weight excluding hydrogens is 198 g/mol. The van der Waals surface area contributed by atoms with Gasteiger partial charge < -0.3 is 10.1 Å². The maximum absolute atomic E-state index is 5.23. The van der Waals surface area contributed by atoms with Crippen molar-refractivity contribution in [3.8, 4) is 5.75 Å². The van der Waals surface area contributed by atoms with Crippen molar-refractivity contribution < 1.29 is 4.74 Å². The number of hydrogen-bond acceptors (Lipinski definition) is 2. The lowest BCUT2D eigenvalue weighted by atomic mass is 10.0. The molecule has 2 rings (SSSR count). The van der Waals surface area contributed by atoms with Crippen LogP contribution in [-0.4, -0.2) is 20.2 Å². The van der Waals surface area contributed by atoms with Gasteiger partial charge in [0.2, 0.25) is 0 Å². The molecule has 86 valence electrons. The highest BCUT2D eigenvalue weighted by atomic mass is 16.5. The average Bonchev–Trinajstić information content (AvgIpc) is 2.58. The Kier molecular flexibility index (Phi) is 4.00. The van der Waals surface area contributed by atoms with Crippen LogP contribution >= 0.6 is 0 Å². The first-order valence-electron chi connectivity index (χ1n) is 5.93. The minimum Gasteiger partial charge on any atom is -0.497 e. The van der Waals surface area contributed by atoms with Crippen LogP contribution < -0.4 is 10.1 Å². The fourth-order valence-electron chi connectivity index (χ4n) is 2.05. The van der Waals surface area contributed by atoms with Crippen molar-refractivity contribution in [1.29, 1.82) is 0 Å². The summed E-state index contributed by atoms with van der Waals surface area (Å²) in [7, 11) is 1.71. The molecule has 1 heterocycles. The highest BCUT2D eigenvalue weighted by Crippen LogP contribution is 2.19. The van der Waals surface area contributed by atoms with Crippen molar-refractivity contribution in [3.05, 3.63) is 35.4 Å². The molecule has 1 aromatic rings. The number of hydrogen-bond donors (Lipinski definition) is 1. The van der Waals surface area contributed by atoms with Gasteiger partial charge in [0.25, 0.3) is 0 Å². The molecule has 1 saturated heterocycles. The van der Waals surface area contributed by atoms with Crippen LogP contribution in [0.2, 0.25) is 0 Å². The van der Waals surface area contributed by atoms with Crippen molar-refractivity contribution in [2.24, 2.45) is 0 Å². The van der Waals surface area contributed by atoms with Gasteiger partial charge >= 0.3 is 0 Å². The van der Waals surface area contributed by atoms with Crippen LogP contribution in [0, 0.1) is 0 Å². The highest BCUT2D eigenvalue weighted by molar-refractivity contribution is 5.55. The Morgan fingerprint density at radius 1 is 1.25 bits per heavy atom. The summed E-state index contributed by atoms with van der Waals surface area (Å²) in [5, 5.41) is 3.42. The van der Waals surface area contributed by atoms with Crippen molar-refractivity contribution in [3.63, 3.8) is 0 Å². The van der Waals surface area contributed by atoms with Gasteiger partial charge in [0.1, 0.15) is 5.75 Å². The third-order valence-corrected chi connectivity index (χ3v) is 2.94. The molecule has 0 aliphatic carbocycles. The molecule has 2 heteroatoms. The highest BCUT2D eigenvalue weighted by Gasteiger charge is 2.03. The third kappa shape index (κ3) is 3.11. The van der Waals surface area contributed by atoms with Gasteiger partial charge in [0, 0.05) is 0 Å². The van der Waals surface area contributed by atoms with Crippen LogP contribution in [0.15, 0.2) is 29.8 Å². The Morgan fingerprint density at radius 3 is 3.06 bits per heavy atom. The monoisotopic (exact) mass is 217 g/mol. The van der Waals surface area contributed by atoms with Crippen LogP contribution in [0.25, 0.3) is 6.08 Å². The maximum Gasteiger partial charge on any atom is 0.119 e. The SMILES string of the molecule is COc1cccc(/C=C2/CCCNCC2)c1. The van der Waals surface area contributed by atoms with Gasteiger partial charge in [-0.1, -0.05) is 23.8 Å². The van der Waals surface area contributed by atoms with Gasteiger partial charge in [-0.15, -0.1) is 0 Å². The molecule has 0 atom stereocenters. The molecule has 0 amide bonds. The van der Waals surface area contributed by atoms with Crippen molar-refractivity contribution in [2.75, 3.05) is 20.2 Å². The van der Waals surface area contributed by atoms with Gasteiger partial charge in [-0.3, -0.25) is 0 Å². The van der Waals surface area contributed by atoms with E-state index in [-0.39, 0.29) is 0 Å². The largest absolute Gasteiger partial charge is 0.497 e. The van der Waals surface area contributed by atoms with E-state index in [0.717, 1.165) is 25.3 Å². The lowest BCUT2D eigenvalue weighted by Crippen LogP contribution is -2.13. The fourth-order valence-corrected chi connectivity index (χ4v) is 2.05. The topological polar surface area (TPSA) is 21.3 Å². The summed E-state index contributed by atoms with van der Waals surface area (Å²) < 4.78 is 5.23. The molecule has 16 heavy (non-hydrogen) atoms. The quantitative estimate of drug-likeness (QED) is 0.822. The predicted molar refractivity (Wildman–Crippen MR) is 67.7 cm³/mol. The fraction of sp³-hybridized carbons (Fsp3) is 0.429. The zero-order valence-corrected chi connectivity index (χ0v) is 9.83. The standard InChI is InChI=1S/C14H19NO/c1-16-14-6-2-4-13(11-14)10-12-5-3-8-15-9-7-12/h2,4,6,10-11,15H,3,5,7-9H2,1H3/b12-10-. The van der Waals surface area contributed by atoms with Gasteiger partial charge in [-0.05, 0) is 50.0 Å².